The molecule has 0 amide bonds. The SMILES string of the molecule is CC1CCCCC(O)C1O. The normalized spacial score (nSPS) is 42.9. The van der Waals surface area contributed by atoms with Gasteiger partial charge in [0.2, 0.25) is 0 Å². The summed E-state index contributed by atoms with van der Waals surface area (Å²) in [5, 5.41) is 18.7. The third-order valence-electron chi connectivity index (χ3n) is 2.39. The average Bonchev–Trinajstić information content (AvgIpc) is 2.04. The molecule has 1 fully saturated rings. The van der Waals surface area contributed by atoms with E-state index in [0.717, 1.165) is 25.7 Å². The first kappa shape index (κ1) is 8.02. The van der Waals surface area contributed by atoms with Crippen LogP contribution in [0.1, 0.15) is 32.6 Å². The van der Waals surface area contributed by atoms with Gasteiger partial charge in [0, 0.05) is 0 Å². The maximum Gasteiger partial charge on any atom is 0.0824 e. The summed E-state index contributed by atoms with van der Waals surface area (Å²) in [5.74, 6) is 0.275. The summed E-state index contributed by atoms with van der Waals surface area (Å²) in [5.41, 5.74) is 0. The molecule has 0 radical (unpaired) electrons. The van der Waals surface area contributed by atoms with Crippen LogP contribution in [0.15, 0.2) is 0 Å². The van der Waals surface area contributed by atoms with Crippen LogP contribution in [0.4, 0.5) is 0 Å². The summed E-state index contributed by atoms with van der Waals surface area (Å²) in [7, 11) is 0. The molecule has 2 heteroatoms. The maximum absolute atomic E-state index is 9.38. The molecule has 1 saturated carbocycles. The van der Waals surface area contributed by atoms with Crippen LogP contribution < -0.4 is 0 Å². The summed E-state index contributed by atoms with van der Waals surface area (Å²) >= 11 is 0. The van der Waals surface area contributed by atoms with Gasteiger partial charge in [-0.2, -0.15) is 0 Å². The van der Waals surface area contributed by atoms with Crippen molar-refractivity contribution in [3.63, 3.8) is 0 Å². The summed E-state index contributed by atoms with van der Waals surface area (Å²) in [4.78, 5) is 0. The average molecular weight is 144 g/mol. The topological polar surface area (TPSA) is 40.5 Å². The Morgan fingerprint density at radius 3 is 2.40 bits per heavy atom. The Hall–Kier alpha value is -0.0800. The highest BCUT2D eigenvalue weighted by Gasteiger charge is 2.24. The van der Waals surface area contributed by atoms with Crippen molar-refractivity contribution in [1.29, 1.82) is 0 Å². The van der Waals surface area contributed by atoms with Crippen LogP contribution in [0.3, 0.4) is 0 Å². The zero-order chi connectivity index (χ0) is 7.56. The largest absolute Gasteiger partial charge is 0.390 e. The Kier molecular flexibility index (Phi) is 2.69. The van der Waals surface area contributed by atoms with Gasteiger partial charge >= 0.3 is 0 Å². The molecule has 10 heavy (non-hydrogen) atoms. The van der Waals surface area contributed by atoms with Crippen LogP contribution in [0.25, 0.3) is 0 Å². The van der Waals surface area contributed by atoms with E-state index in [9.17, 15) is 10.2 Å². The van der Waals surface area contributed by atoms with Crippen molar-refractivity contribution < 1.29 is 10.2 Å². The fraction of sp³-hybridized carbons (Fsp3) is 1.00. The van der Waals surface area contributed by atoms with Crippen LogP contribution in [-0.2, 0) is 0 Å². The Balaban J connectivity index is 2.46. The lowest BCUT2D eigenvalue weighted by Crippen LogP contribution is -2.29. The van der Waals surface area contributed by atoms with Gasteiger partial charge in [0.25, 0.3) is 0 Å². The molecule has 3 unspecified atom stereocenters. The summed E-state index contributed by atoms with van der Waals surface area (Å²) < 4.78 is 0. The van der Waals surface area contributed by atoms with Crippen LogP contribution in [0.5, 0.6) is 0 Å². The van der Waals surface area contributed by atoms with Gasteiger partial charge in [-0.25, -0.2) is 0 Å². The van der Waals surface area contributed by atoms with Crippen molar-refractivity contribution in [2.24, 2.45) is 5.92 Å². The molecule has 0 spiro atoms. The highest BCUT2D eigenvalue weighted by Crippen LogP contribution is 2.22. The van der Waals surface area contributed by atoms with Crippen LogP contribution >= 0.6 is 0 Å². The first-order chi connectivity index (χ1) is 4.72. The van der Waals surface area contributed by atoms with E-state index in [-0.39, 0.29) is 5.92 Å². The predicted octanol–water partition coefficient (Wildman–Crippen LogP) is 0.918. The molecule has 0 aromatic carbocycles. The Morgan fingerprint density at radius 1 is 1.10 bits per heavy atom. The Morgan fingerprint density at radius 2 is 1.70 bits per heavy atom. The van der Waals surface area contributed by atoms with Gasteiger partial charge in [0.05, 0.1) is 12.2 Å². The lowest BCUT2D eigenvalue weighted by molar-refractivity contribution is -0.01000. The molecule has 0 aromatic heterocycles. The standard InChI is InChI=1S/C8H16O2/c1-6-4-2-3-5-7(9)8(6)10/h6-10H,2-5H2,1H3. The van der Waals surface area contributed by atoms with Crippen molar-refractivity contribution in [3.8, 4) is 0 Å². The zero-order valence-corrected chi connectivity index (χ0v) is 6.45. The van der Waals surface area contributed by atoms with Gasteiger partial charge in [0.15, 0.2) is 0 Å². The second-order valence-electron chi connectivity index (χ2n) is 3.32. The summed E-state index contributed by atoms with van der Waals surface area (Å²) in [6, 6.07) is 0. The second-order valence-corrected chi connectivity index (χ2v) is 3.32. The van der Waals surface area contributed by atoms with Crippen molar-refractivity contribution >= 4 is 0 Å². The van der Waals surface area contributed by atoms with Crippen LogP contribution in [-0.4, -0.2) is 22.4 Å². The molecule has 1 rings (SSSR count). The first-order valence-electron chi connectivity index (χ1n) is 4.08. The highest BCUT2D eigenvalue weighted by molar-refractivity contribution is 4.76. The van der Waals surface area contributed by atoms with Crippen molar-refractivity contribution in [1.82, 2.24) is 0 Å². The number of aliphatic hydroxyl groups excluding tert-OH is 2. The van der Waals surface area contributed by atoms with Crippen molar-refractivity contribution in [2.45, 2.75) is 44.8 Å². The van der Waals surface area contributed by atoms with E-state index in [1.807, 2.05) is 6.92 Å². The molecule has 0 saturated heterocycles. The van der Waals surface area contributed by atoms with E-state index >= 15 is 0 Å². The maximum atomic E-state index is 9.38. The van der Waals surface area contributed by atoms with Crippen molar-refractivity contribution in [2.75, 3.05) is 0 Å². The van der Waals surface area contributed by atoms with Gasteiger partial charge in [-0.15, -0.1) is 0 Å². The molecule has 1 aliphatic rings. The van der Waals surface area contributed by atoms with E-state index in [1.165, 1.54) is 0 Å². The highest BCUT2D eigenvalue weighted by atomic mass is 16.3. The first-order valence-corrected chi connectivity index (χ1v) is 4.08. The van der Waals surface area contributed by atoms with Crippen LogP contribution in [0, 0.1) is 5.92 Å². The monoisotopic (exact) mass is 144 g/mol. The lowest BCUT2D eigenvalue weighted by atomic mass is 9.98. The molecular formula is C8H16O2. The van der Waals surface area contributed by atoms with E-state index in [1.54, 1.807) is 0 Å². The zero-order valence-electron chi connectivity index (χ0n) is 6.45. The predicted molar refractivity (Wildman–Crippen MR) is 39.6 cm³/mol. The van der Waals surface area contributed by atoms with Crippen molar-refractivity contribution in [3.05, 3.63) is 0 Å². The van der Waals surface area contributed by atoms with E-state index in [4.69, 9.17) is 0 Å². The van der Waals surface area contributed by atoms with Gasteiger partial charge in [-0.05, 0) is 18.8 Å². The van der Waals surface area contributed by atoms with Crippen LogP contribution in [0.2, 0.25) is 0 Å². The van der Waals surface area contributed by atoms with E-state index < -0.39 is 12.2 Å². The fourth-order valence-corrected chi connectivity index (χ4v) is 1.54. The molecule has 60 valence electrons. The minimum atomic E-state index is -0.484. The van der Waals surface area contributed by atoms with Gasteiger partial charge in [-0.1, -0.05) is 19.8 Å². The third kappa shape index (κ3) is 1.70. The lowest BCUT2D eigenvalue weighted by Gasteiger charge is -2.19. The number of hydrogen-bond donors (Lipinski definition) is 2. The molecule has 0 bridgehead atoms. The molecule has 0 heterocycles. The molecule has 3 atom stereocenters. The molecule has 1 aliphatic carbocycles. The second kappa shape index (κ2) is 3.35. The number of hydrogen-bond acceptors (Lipinski definition) is 2. The minimum Gasteiger partial charge on any atom is -0.390 e. The van der Waals surface area contributed by atoms with Gasteiger partial charge < -0.3 is 10.2 Å². The molecule has 0 aliphatic heterocycles. The summed E-state index contributed by atoms with van der Waals surface area (Å²) in [6.45, 7) is 2.00. The quantitative estimate of drug-likeness (QED) is 0.496. The third-order valence-corrected chi connectivity index (χ3v) is 2.39. The molecule has 2 N–H and O–H groups in total. The molecule has 2 nitrogen and oxygen atoms in total. The summed E-state index contributed by atoms with van der Waals surface area (Å²) in [6.07, 6.45) is 3.07. The minimum absolute atomic E-state index is 0.275. The number of aliphatic hydroxyl groups is 2. The molecule has 0 aromatic rings. The van der Waals surface area contributed by atoms with Gasteiger partial charge in [-0.3, -0.25) is 0 Å². The van der Waals surface area contributed by atoms with E-state index in [0.29, 0.717) is 0 Å². The molecular weight excluding hydrogens is 128 g/mol. The van der Waals surface area contributed by atoms with Gasteiger partial charge in [0.1, 0.15) is 0 Å². The Bertz CT molecular complexity index is 91.4. The fourth-order valence-electron chi connectivity index (χ4n) is 1.54. The Labute approximate surface area is 61.9 Å². The van der Waals surface area contributed by atoms with E-state index in [2.05, 4.69) is 0 Å². The smallest absolute Gasteiger partial charge is 0.0824 e. The number of rotatable bonds is 0.